The number of nitro groups is 1. The van der Waals surface area contributed by atoms with Crippen LogP contribution in [0.25, 0.3) is 0 Å². The second-order valence-electron chi connectivity index (χ2n) is 6.05. The number of hydrogen-bond acceptors (Lipinski definition) is 6. The Morgan fingerprint density at radius 1 is 1.16 bits per heavy atom. The Bertz CT molecular complexity index is 1240. The van der Waals surface area contributed by atoms with Crippen LogP contribution in [0.4, 0.5) is 5.69 Å². The van der Waals surface area contributed by atoms with Gasteiger partial charge >= 0.3 is 0 Å². The largest absolute Gasteiger partial charge is 0.456 e. The summed E-state index contributed by atoms with van der Waals surface area (Å²) in [6.45, 7) is 0. The van der Waals surface area contributed by atoms with E-state index in [1.807, 2.05) is 6.07 Å². The maximum absolute atomic E-state index is 12.2. The highest BCUT2D eigenvalue weighted by atomic mass is 35.5. The van der Waals surface area contributed by atoms with Crippen LogP contribution in [0.3, 0.4) is 0 Å². The van der Waals surface area contributed by atoms with Crippen LogP contribution in [0.15, 0.2) is 65.8 Å². The number of nitrogens with zero attached hydrogens (tertiary/aromatic N) is 3. The van der Waals surface area contributed by atoms with Crippen LogP contribution in [0.2, 0.25) is 10.0 Å². The monoisotopic (exact) mass is 454 g/mol. The van der Waals surface area contributed by atoms with E-state index < -0.39 is 10.8 Å². The number of nitrogens with one attached hydrogen (secondary N) is 1. The minimum Gasteiger partial charge on any atom is -0.456 e. The first-order valence-electron chi connectivity index (χ1n) is 8.62. The van der Waals surface area contributed by atoms with Gasteiger partial charge in [0.1, 0.15) is 23.1 Å². The van der Waals surface area contributed by atoms with Gasteiger partial charge in [0.05, 0.1) is 21.7 Å². The van der Waals surface area contributed by atoms with Gasteiger partial charge in [0.15, 0.2) is 0 Å². The third-order valence-corrected chi connectivity index (χ3v) is 4.48. The summed E-state index contributed by atoms with van der Waals surface area (Å²) in [4.78, 5) is 22.4. The Morgan fingerprint density at radius 3 is 2.68 bits per heavy atom. The maximum atomic E-state index is 12.2. The lowest BCUT2D eigenvalue weighted by Crippen LogP contribution is -2.18. The number of hydrazone groups is 1. The molecule has 31 heavy (non-hydrogen) atoms. The van der Waals surface area contributed by atoms with Crippen molar-refractivity contribution in [1.29, 1.82) is 5.26 Å². The molecule has 0 aromatic heterocycles. The maximum Gasteiger partial charge on any atom is 0.272 e. The van der Waals surface area contributed by atoms with E-state index in [0.717, 1.165) is 6.07 Å². The van der Waals surface area contributed by atoms with Gasteiger partial charge in [-0.2, -0.15) is 10.4 Å². The average molecular weight is 455 g/mol. The Labute approximate surface area is 186 Å². The summed E-state index contributed by atoms with van der Waals surface area (Å²) in [5, 5.41) is 24.6. The summed E-state index contributed by atoms with van der Waals surface area (Å²) in [7, 11) is 0. The number of non-ortho nitro benzene ring substituents is 1. The van der Waals surface area contributed by atoms with E-state index >= 15 is 0 Å². The van der Waals surface area contributed by atoms with E-state index in [4.69, 9.17) is 27.9 Å². The van der Waals surface area contributed by atoms with E-state index in [2.05, 4.69) is 10.5 Å². The van der Waals surface area contributed by atoms with E-state index in [9.17, 15) is 20.2 Å². The number of benzene rings is 3. The van der Waals surface area contributed by atoms with Crippen molar-refractivity contribution in [1.82, 2.24) is 5.43 Å². The fraction of sp³-hybridized carbons (Fsp3) is 0. The van der Waals surface area contributed by atoms with Crippen LogP contribution in [0.1, 0.15) is 21.5 Å². The first-order valence-corrected chi connectivity index (χ1v) is 9.38. The van der Waals surface area contributed by atoms with Crippen molar-refractivity contribution in [3.05, 3.63) is 97.5 Å². The van der Waals surface area contributed by atoms with Gasteiger partial charge in [-0.3, -0.25) is 14.9 Å². The number of rotatable bonds is 6. The van der Waals surface area contributed by atoms with Gasteiger partial charge < -0.3 is 4.74 Å². The minimum atomic E-state index is -0.590. The standard InChI is InChI=1S/C21H12Cl2N4O4/c22-15-4-6-18(19(23)10-15)21(28)26-25-12-13-2-1-3-17(8-13)31-20-7-5-16(27(29)30)9-14(20)11-24/h1-10,12H,(H,26,28)/b25-12+. The fourth-order valence-corrected chi connectivity index (χ4v) is 2.99. The summed E-state index contributed by atoms with van der Waals surface area (Å²) in [5.74, 6) is 0.0455. The van der Waals surface area contributed by atoms with Gasteiger partial charge in [-0.25, -0.2) is 5.43 Å². The third-order valence-electron chi connectivity index (χ3n) is 3.94. The topological polar surface area (TPSA) is 118 Å². The SMILES string of the molecule is N#Cc1cc([N+](=O)[O-])ccc1Oc1cccc(/C=N/NC(=O)c2ccc(Cl)cc2Cl)c1. The molecule has 10 heteroatoms. The van der Waals surface area contributed by atoms with Gasteiger partial charge in [-0.15, -0.1) is 0 Å². The number of hydrogen-bond donors (Lipinski definition) is 1. The number of ether oxygens (including phenoxy) is 1. The highest BCUT2D eigenvalue weighted by molar-refractivity contribution is 6.36. The van der Waals surface area contributed by atoms with Crippen molar-refractivity contribution >= 4 is 41.0 Å². The van der Waals surface area contributed by atoms with Crippen molar-refractivity contribution in [2.75, 3.05) is 0 Å². The molecular weight excluding hydrogens is 443 g/mol. The molecule has 0 unspecified atom stereocenters. The van der Waals surface area contributed by atoms with E-state index in [1.54, 1.807) is 30.3 Å². The number of carbonyl (C=O) groups is 1. The molecule has 0 aliphatic carbocycles. The van der Waals surface area contributed by atoms with Crippen molar-refractivity contribution < 1.29 is 14.5 Å². The Morgan fingerprint density at radius 2 is 1.97 bits per heavy atom. The molecule has 1 N–H and O–H groups in total. The van der Waals surface area contributed by atoms with Crippen LogP contribution in [0, 0.1) is 21.4 Å². The molecular formula is C21H12Cl2N4O4. The number of halogens is 2. The predicted octanol–water partition coefficient (Wildman–Crippen LogP) is 5.33. The molecule has 0 bridgehead atoms. The van der Waals surface area contributed by atoms with E-state index in [1.165, 1.54) is 30.5 Å². The molecule has 0 saturated heterocycles. The first-order chi connectivity index (χ1) is 14.9. The van der Waals surface area contributed by atoms with E-state index in [-0.39, 0.29) is 27.6 Å². The number of carbonyl (C=O) groups excluding carboxylic acids is 1. The molecule has 0 spiro atoms. The van der Waals surface area contributed by atoms with Crippen LogP contribution in [-0.4, -0.2) is 17.0 Å². The molecule has 0 aliphatic rings. The zero-order valence-corrected chi connectivity index (χ0v) is 17.1. The van der Waals surface area contributed by atoms with Gasteiger partial charge in [-0.05, 0) is 42.0 Å². The molecule has 3 rings (SSSR count). The highest BCUT2D eigenvalue weighted by Gasteiger charge is 2.13. The Hall–Kier alpha value is -3.93. The molecule has 3 aromatic rings. The quantitative estimate of drug-likeness (QED) is 0.306. The number of amides is 1. The molecule has 0 aliphatic heterocycles. The smallest absolute Gasteiger partial charge is 0.272 e. The van der Waals surface area contributed by atoms with Crippen molar-refractivity contribution in [3.8, 4) is 17.6 Å². The average Bonchev–Trinajstić information content (AvgIpc) is 2.74. The lowest BCUT2D eigenvalue weighted by Gasteiger charge is -2.08. The fourth-order valence-electron chi connectivity index (χ4n) is 2.49. The summed E-state index contributed by atoms with van der Waals surface area (Å²) >= 11 is 11.8. The molecule has 0 radical (unpaired) electrons. The summed E-state index contributed by atoms with van der Waals surface area (Å²) in [6, 6.07) is 16.8. The van der Waals surface area contributed by atoms with Crippen LogP contribution < -0.4 is 10.2 Å². The lowest BCUT2D eigenvalue weighted by atomic mass is 10.2. The summed E-state index contributed by atoms with van der Waals surface area (Å²) in [5.41, 5.74) is 3.01. The van der Waals surface area contributed by atoms with Gasteiger partial charge in [0, 0.05) is 17.2 Å². The molecule has 0 fully saturated rings. The van der Waals surface area contributed by atoms with Crippen LogP contribution in [0.5, 0.6) is 11.5 Å². The molecule has 154 valence electrons. The van der Waals surface area contributed by atoms with E-state index in [0.29, 0.717) is 16.3 Å². The van der Waals surface area contributed by atoms with Gasteiger partial charge in [0.25, 0.3) is 11.6 Å². The lowest BCUT2D eigenvalue weighted by molar-refractivity contribution is -0.384. The molecule has 1 amide bonds. The zero-order chi connectivity index (χ0) is 22.4. The number of nitro benzene ring substituents is 1. The Kier molecular flexibility index (Phi) is 6.82. The van der Waals surface area contributed by atoms with Gasteiger partial charge in [0.2, 0.25) is 0 Å². The summed E-state index contributed by atoms with van der Waals surface area (Å²) in [6.07, 6.45) is 1.40. The minimum absolute atomic E-state index is 0.0281. The second kappa shape index (κ2) is 9.71. The normalized spacial score (nSPS) is 10.5. The summed E-state index contributed by atoms with van der Waals surface area (Å²) < 4.78 is 5.68. The van der Waals surface area contributed by atoms with Crippen LogP contribution in [-0.2, 0) is 0 Å². The zero-order valence-electron chi connectivity index (χ0n) is 15.6. The Balaban J connectivity index is 1.71. The second-order valence-corrected chi connectivity index (χ2v) is 6.89. The first kappa shape index (κ1) is 21.8. The molecule has 0 saturated carbocycles. The van der Waals surface area contributed by atoms with Crippen molar-refractivity contribution in [3.63, 3.8) is 0 Å². The molecule has 8 nitrogen and oxygen atoms in total. The number of nitriles is 1. The molecule has 0 atom stereocenters. The van der Waals surface area contributed by atoms with Crippen molar-refractivity contribution in [2.45, 2.75) is 0 Å². The third kappa shape index (κ3) is 5.57. The van der Waals surface area contributed by atoms with Crippen molar-refractivity contribution in [2.24, 2.45) is 5.10 Å². The predicted molar refractivity (Wildman–Crippen MR) is 116 cm³/mol. The molecule has 0 heterocycles. The van der Waals surface area contributed by atoms with Gasteiger partial charge in [-0.1, -0.05) is 35.3 Å². The molecule has 3 aromatic carbocycles. The highest BCUT2D eigenvalue weighted by Crippen LogP contribution is 2.28. The van der Waals surface area contributed by atoms with Crippen LogP contribution >= 0.6 is 23.2 Å².